The normalized spacial score (nSPS) is 19.9. The molecule has 1 aliphatic rings. The highest BCUT2D eigenvalue weighted by atomic mass is 79.9. The van der Waals surface area contributed by atoms with Gasteiger partial charge in [-0.3, -0.25) is 4.79 Å². The number of halogens is 1. The van der Waals surface area contributed by atoms with Gasteiger partial charge in [-0.1, -0.05) is 53.2 Å². The zero-order valence-electron chi connectivity index (χ0n) is 10.9. The van der Waals surface area contributed by atoms with Crippen molar-refractivity contribution in [1.29, 1.82) is 0 Å². The van der Waals surface area contributed by atoms with Crippen molar-refractivity contribution in [2.75, 3.05) is 5.33 Å². The zero-order valence-corrected chi connectivity index (χ0v) is 12.5. The molecule has 0 radical (unpaired) electrons. The molecule has 0 heterocycles. The van der Waals surface area contributed by atoms with E-state index in [4.69, 9.17) is 0 Å². The van der Waals surface area contributed by atoms with E-state index in [-0.39, 0.29) is 17.4 Å². The van der Waals surface area contributed by atoms with Crippen molar-refractivity contribution < 1.29 is 4.79 Å². The Morgan fingerprint density at radius 1 is 1.33 bits per heavy atom. The van der Waals surface area contributed by atoms with Gasteiger partial charge in [-0.05, 0) is 31.2 Å². The van der Waals surface area contributed by atoms with Crippen LogP contribution in [-0.4, -0.2) is 17.3 Å². The van der Waals surface area contributed by atoms with E-state index < -0.39 is 0 Å². The van der Waals surface area contributed by atoms with Gasteiger partial charge < -0.3 is 5.32 Å². The first-order valence-electron chi connectivity index (χ1n) is 6.52. The molecule has 0 spiro atoms. The Morgan fingerprint density at radius 2 is 1.94 bits per heavy atom. The summed E-state index contributed by atoms with van der Waals surface area (Å²) in [4.78, 5) is 12.4. The Balaban J connectivity index is 2.06. The van der Waals surface area contributed by atoms with E-state index in [1.807, 2.05) is 18.2 Å². The van der Waals surface area contributed by atoms with Gasteiger partial charge in [0.15, 0.2) is 0 Å². The summed E-state index contributed by atoms with van der Waals surface area (Å²) in [5, 5.41) is 4.07. The van der Waals surface area contributed by atoms with E-state index in [1.165, 1.54) is 0 Å². The molecule has 1 aromatic rings. The summed E-state index contributed by atoms with van der Waals surface area (Å²) in [6.07, 6.45) is 1.94. The number of carbonyl (C=O) groups excluding carboxylic acids is 1. The van der Waals surface area contributed by atoms with Crippen LogP contribution < -0.4 is 5.32 Å². The second kappa shape index (κ2) is 5.43. The monoisotopic (exact) mass is 309 g/mol. The summed E-state index contributed by atoms with van der Waals surface area (Å²) < 4.78 is 0. The molecule has 1 aromatic carbocycles. The first-order valence-corrected chi connectivity index (χ1v) is 7.65. The molecule has 0 aromatic heterocycles. The lowest BCUT2D eigenvalue weighted by Gasteiger charge is -2.23. The summed E-state index contributed by atoms with van der Waals surface area (Å²) in [5.74, 6) is 0.634. The van der Waals surface area contributed by atoms with E-state index in [1.54, 1.807) is 0 Å². The van der Waals surface area contributed by atoms with Gasteiger partial charge in [0, 0.05) is 11.4 Å². The molecule has 0 saturated heterocycles. The predicted octanol–water partition coefficient (Wildman–Crippen LogP) is 3.25. The SMILES string of the molecule is CC(CBr)C(C)NC(=O)C1(c2ccccc2)CC1. The summed E-state index contributed by atoms with van der Waals surface area (Å²) in [7, 11) is 0. The minimum Gasteiger partial charge on any atom is -0.353 e. The van der Waals surface area contributed by atoms with Crippen LogP contribution in [0.25, 0.3) is 0 Å². The third kappa shape index (κ3) is 2.61. The maximum absolute atomic E-state index is 12.4. The number of alkyl halides is 1. The molecule has 1 fully saturated rings. The van der Waals surface area contributed by atoms with Gasteiger partial charge in [0.2, 0.25) is 5.91 Å². The maximum atomic E-state index is 12.4. The molecule has 0 bridgehead atoms. The summed E-state index contributed by atoms with van der Waals surface area (Å²) in [6.45, 7) is 4.21. The van der Waals surface area contributed by atoms with Gasteiger partial charge in [0.1, 0.15) is 0 Å². The second-order valence-electron chi connectivity index (χ2n) is 5.34. The number of rotatable bonds is 5. The van der Waals surface area contributed by atoms with Crippen LogP contribution in [0, 0.1) is 5.92 Å². The van der Waals surface area contributed by atoms with Crippen LogP contribution in [0.3, 0.4) is 0 Å². The van der Waals surface area contributed by atoms with Gasteiger partial charge >= 0.3 is 0 Å². The molecule has 98 valence electrons. The molecule has 2 atom stereocenters. The van der Waals surface area contributed by atoms with E-state index in [0.717, 1.165) is 23.7 Å². The van der Waals surface area contributed by atoms with Crippen molar-refractivity contribution in [3.05, 3.63) is 35.9 Å². The summed E-state index contributed by atoms with van der Waals surface area (Å²) in [5.41, 5.74) is 0.905. The largest absolute Gasteiger partial charge is 0.353 e. The number of benzene rings is 1. The Morgan fingerprint density at radius 3 is 2.44 bits per heavy atom. The van der Waals surface area contributed by atoms with Gasteiger partial charge in [0.25, 0.3) is 0 Å². The molecule has 2 rings (SSSR count). The molecule has 2 nitrogen and oxygen atoms in total. The first kappa shape index (κ1) is 13.6. The Kier molecular flexibility index (Phi) is 4.10. The smallest absolute Gasteiger partial charge is 0.230 e. The van der Waals surface area contributed by atoms with Crippen LogP contribution in [0.1, 0.15) is 32.3 Å². The van der Waals surface area contributed by atoms with E-state index in [2.05, 4.69) is 47.2 Å². The van der Waals surface area contributed by atoms with E-state index in [9.17, 15) is 4.79 Å². The van der Waals surface area contributed by atoms with Crippen molar-refractivity contribution >= 4 is 21.8 Å². The van der Waals surface area contributed by atoms with Crippen LogP contribution in [0.15, 0.2) is 30.3 Å². The Bertz CT molecular complexity index is 414. The van der Waals surface area contributed by atoms with E-state index >= 15 is 0 Å². The minimum absolute atomic E-state index is 0.189. The summed E-state index contributed by atoms with van der Waals surface area (Å²) in [6, 6.07) is 10.3. The molecule has 3 heteroatoms. The van der Waals surface area contributed by atoms with Gasteiger partial charge in [-0.15, -0.1) is 0 Å². The highest BCUT2D eigenvalue weighted by Crippen LogP contribution is 2.48. The third-order valence-electron chi connectivity index (χ3n) is 3.97. The number of hydrogen-bond donors (Lipinski definition) is 1. The lowest BCUT2D eigenvalue weighted by atomic mass is 9.94. The fraction of sp³-hybridized carbons (Fsp3) is 0.533. The number of hydrogen-bond acceptors (Lipinski definition) is 1. The fourth-order valence-electron chi connectivity index (χ4n) is 2.15. The van der Waals surface area contributed by atoms with Gasteiger partial charge in [-0.2, -0.15) is 0 Å². The molecule has 1 aliphatic carbocycles. The van der Waals surface area contributed by atoms with Gasteiger partial charge in [-0.25, -0.2) is 0 Å². The van der Waals surface area contributed by atoms with Crippen molar-refractivity contribution in [3.63, 3.8) is 0 Å². The van der Waals surface area contributed by atoms with Crippen molar-refractivity contribution in [2.24, 2.45) is 5.92 Å². The molecular weight excluding hydrogens is 290 g/mol. The standard InChI is InChI=1S/C15H20BrNO/c1-11(10-16)12(2)17-14(18)15(8-9-15)13-6-4-3-5-7-13/h3-7,11-12H,8-10H2,1-2H3,(H,17,18). The topological polar surface area (TPSA) is 29.1 Å². The van der Waals surface area contributed by atoms with Crippen LogP contribution >= 0.6 is 15.9 Å². The van der Waals surface area contributed by atoms with Crippen LogP contribution in [0.5, 0.6) is 0 Å². The van der Waals surface area contributed by atoms with Crippen LogP contribution in [0.2, 0.25) is 0 Å². The Hall–Kier alpha value is -0.830. The van der Waals surface area contributed by atoms with E-state index in [0.29, 0.717) is 5.92 Å². The minimum atomic E-state index is -0.248. The molecule has 1 saturated carbocycles. The van der Waals surface area contributed by atoms with Crippen molar-refractivity contribution in [2.45, 2.75) is 38.1 Å². The lowest BCUT2D eigenvalue weighted by molar-refractivity contribution is -0.124. The van der Waals surface area contributed by atoms with Crippen LogP contribution in [0.4, 0.5) is 0 Å². The molecule has 1 N–H and O–H groups in total. The van der Waals surface area contributed by atoms with Crippen molar-refractivity contribution in [3.8, 4) is 0 Å². The zero-order chi connectivity index (χ0) is 13.2. The third-order valence-corrected chi connectivity index (χ3v) is 4.99. The maximum Gasteiger partial charge on any atom is 0.230 e. The number of amides is 1. The highest BCUT2D eigenvalue weighted by Gasteiger charge is 2.51. The lowest BCUT2D eigenvalue weighted by Crippen LogP contribution is -2.43. The van der Waals surface area contributed by atoms with Crippen LogP contribution in [-0.2, 0) is 10.2 Å². The Labute approximate surface area is 117 Å². The van der Waals surface area contributed by atoms with Gasteiger partial charge in [0.05, 0.1) is 5.41 Å². The molecule has 0 aliphatic heterocycles. The second-order valence-corrected chi connectivity index (χ2v) is 5.99. The molecular formula is C15H20BrNO. The highest BCUT2D eigenvalue weighted by molar-refractivity contribution is 9.09. The number of nitrogens with one attached hydrogen (secondary N) is 1. The first-order chi connectivity index (χ1) is 8.60. The average molecular weight is 310 g/mol. The predicted molar refractivity (Wildman–Crippen MR) is 77.9 cm³/mol. The fourth-order valence-corrected chi connectivity index (χ4v) is 2.71. The average Bonchev–Trinajstić information content (AvgIpc) is 3.20. The molecule has 18 heavy (non-hydrogen) atoms. The quantitative estimate of drug-likeness (QED) is 0.831. The van der Waals surface area contributed by atoms with Crippen molar-refractivity contribution in [1.82, 2.24) is 5.32 Å². The molecule has 1 amide bonds. The number of carbonyl (C=O) groups is 1. The summed E-state index contributed by atoms with van der Waals surface area (Å²) >= 11 is 3.47. The molecule has 2 unspecified atom stereocenters.